The maximum atomic E-state index is 3.67. The van der Waals surface area contributed by atoms with E-state index in [1.165, 1.54) is 32.3 Å². The molecule has 0 aromatic heterocycles. The van der Waals surface area contributed by atoms with E-state index in [-0.39, 0.29) is 0 Å². The minimum atomic E-state index is 0.400. The van der Waals surface area contributed by atoms with Crippen molar-refractivity contribution in [3.05, 3.63) is 74.8 Å². The fraction of sp³-hybridized carbons (Fsp3) is 0.176. The average molecular weight is 299 g/mol. The highest BCUT2D eigenvalue weighted by atomic mass is 79.9. The zero-order valence-electron chi connectivity index (χ0n) is 10.6. The summed E-state index contributed by atoms with van der Waals surface area (Å²) >= 11 is 3.67. The summed E-state index contributed by atoms with van der Waals surface area (Å²) in [4.78, 5) is 0. The summed E-state index contributed by atoms with van der Waals surface area (Å²) in [5.41, 5.74) is 6.82. The van der Waals surface area contributed by atoms with E-state index in [2.05, 4.69) is 78.3 Å². The Morgan fingerprint density at radius 1 is 1.00 bits per heavy atom. The number of hydrogen-bond donors (Lipinski definition) is 0. The van der Waals surface area contributed by atoms with Gasteiger partial charge in [0.1, 0.15) is 0 Å². The molecule has 0 saturated heterocycles. The Balaban J connectivity index is 2.16. The third-order valence-electron chi connectivity index (χ3n) is 3.62. The van der Waals surface area contributed by atoms with Gasteiger partial charge in [0.05, 0.1) is 0 Å². The molecule has 2 aromatic rings. The lowest BCUT2D eigenvalue weighted by atomic mass is 9.89. The second-order valence-electron chi connectivity index (χ2n) is 4.94. The topological polar surface area (TPSA) is 0 Å². The van der Waals surface area contributed by atoms with Gasteiger partial charge in [-0.05, 0) is 47.7 Å². The van der Waals surface area contributed by atoms with Crippen molar-refractivity contribution >= 4 is 22.0 Å². The van der Waals surface area contributed by atoms with Crippen LogP contribution in [0.4, 0.5) is 0 Å². The van der Waals surface area contributed by atoms with Crippen LogP contribution in [-0.2, 0) is 0 Å². The molecule has 3 rings (SSSR count). The van der Waals surface area contributed by atoms with Crippen LogP contribution >= 0.6 is 15.9 Å². The predicted molar refractivity (Wildman–Crippen MR) is 80.9 cm³/mol. The molecule has 1 aliphatic carbocycles. The predicted octanol–water partition coefficient (Wildman–Crippen LogP) is 5.22. The SMILES string of the molecule is Cc1cc(Br)c2c(c1)C(c1ccccc1C)C=C2. The van der Waals surface area contributed by atoms with E-state index in [0.717, 1.165) is 0 Å². The first-order valence-corrected chi connectivity index (χ1v) is 7.00. The molecule has 1 aliphatic rings. The number of allylic oxidation sites excluding steroid dienone is 1. The highest BCUT2D eigenvalue weighted by molar-refractivity contribution is 9.10. The molecule has 18 heavy (non-hydrogen) atoms. The van der Waals surface area contributed by atoms with Crippen LogP contribution in [0.15, 0.2) is 46.9 Å². The molecule has 1 unspecified atom stereocenters. The molecule has 0 N–H and O–H groups in total. The lowest BCUT2D eigenvalue weighted by Gasteiger charge is -2.15. The molecular formula is C17H15Br. The molecule has 0 spiro atoms. The quantitative estimate of drug-likeness (QED) is 0.677. The molecule has 0 radical (unpaired) electrons. The number of fused-ring (bicyclic) bond motifs is 1. The molecule has 1 atom stereocenters. The summed E-state index contributed by atoms with van der Waals surface area (Å²) in [6.45, 7) is 4.34. The van der Waals surface area contributed by atoms with Crippen molar-refractivity contribution in [2.24, 2.45) is 0 Å². The van der Waals surface area contributed by atoms with Crippen molar-refractivity contribution in [1.82, 2.24) is 0 Å². The first-order chi connectivity index (χ1) is 8.66. The molecule has 90 valence electrons. The normalized spacial score (nSPS) is 16.9. The Hall–Kier alpha value is -1.34. The average Bonchev–Trinajstić information content (AvgIpc) is 2.73. The van der Waals surface area contributed by atoms with Gasteiger partial charge in [0.25, 0.3) is 0 Å². The van der Waals surface area contributed by atoms with E-state index in [0.29, 0.717) is 5.92 Å². The zero-order chi connectivity index (χ0) is 12.7. The fourth-order valence-corrected chi connectivity index (χ4v) is 3.44. The van der Waals surface area contributed by atoms with E-state index >= 15 is 0 Å². The maximum Gasteiger partial charge on any atom is 0.0281 e. The van der Waals surface area contributed by atoms with Crippen LogP contribution in [0.3, 0.4) is 0 Å². The summed E-state index contributed by atoms with van der Waals surface area (Å²) in [6.07, 6.45) is 4.53. The molecule has 0 nitrogen and oxygen atoms in total. The Morgan fingerprint density at radius 3 is 2.56 bits per heavy atom. The standard InChI is InChI=1S/C17H15Br/c1-11-9-16-14(7-8-15(16)17(18)10-11)13-6-4-3-5-12(13)2/h3-10,14H,1-2H3. The molecule has 0 fully saturated rings. The molecule has 2 aromatic carbocycles. The lowest BCUT2D eigenvalue weighted by Crippen LogP contribution is -1.99. The van der Waals surface area contributed by atoms with Gasteiger partial charge < -0.3 is 0 Å². The smallest absolute Gasteiger partial charge is 0.0281 e. The van der Waals surface area contributed by atoms with Crippen molar-refractivity contribution in [2.75, 3.05) is 0 Å². The second-order valence-corrected chi connectivity index (χ2v) is 5.80. The summed E-state index contributed by atoms with van der Waals surface area (Å²) in [5, 5.41) is 0. The third-order valence-corrected chi connectivity index (χ3v) is 4.28. The zero-order valence-corrected chi connectivity index (χ0v) is 12.2. The van der Waals surface area contributed by atoms with Crippen LogP contribution < -0.4 is 0 Å². The van der Waals surface area contributed by atoms with E-state index in [1.54, 1.807) is 0 Å². The molecule has 0 saturated carbocycles. The third kappa shape index (κ3) is 1.83. The minimum Gasteiger partial charge on any atom is -0.0720 e. The Bertz CT molecular complexity index is 638. The van der Waals surface area contributed by atoms with Gasteiger partial charge >= 0.3 is 0 Å². The van der Waals surface area contributed by atoms with Crippen molar-refractivity contribution in [3.8, 4) is 0 Å². The lowest BCUT2D eigenvalue weighted by molar-refractivity contribution is 1.02. The van der Waals surface area contributed by atoms with Crippen LogP contribution in [0.1, 0.15) is 33.7 Å². The van der Waals surface area contributed by atoms with Crippen LogP contribution in [-0.4, -0.2) is 0 Å². The van der Waals surface area contributed by atoms with E-state index in [1.807, 2.05) is 0 Å². The van der Waals surface area contributed by atoms with E-state index in [4.69, 9.17) is 0 Å². The largest absolute Gasteiger partial charge is 0.0720 e. The second kappa shape index (κ2) is 4.40. The van der Waals surface area contributed by atoms with Gasteiger partial charge in [-0.1, -0.05) is 58.4 Å². The van der Waals surface area contributed by atoms with Gasteiger partial charge in [-0.3, -0.25) is 0 Å². The fourth-order valence-electron chi connectivity index (χ4n) is 2.72. The van der Waals surface area contributed by atoms with Crippen molar-refractivity contribution in [2.45, 2.75) is 19.8 Å². The Kier molecular flexibility index (Phi) is 2.87. The monoisotopic (exact) mass is 298 g/mol. The number of benzene rings is 2. The Morgan fingerprint density at radius 2 is 1.78 bits per heavy atom. The van der Waals surface area contributed by atoms with Gasteiger partial charge in [0.15, 0.2) is 0 Å². The summed E-state index contributed by atoms with van der Waals surface area (Å²) in [7, 11) is 0. The molecule has 1 heteroatoms. The highest BCUT2D eigenvalue weighted by Crippen LogP contribution is 2.40. The van der Waals surface area contributed by atoms with Crippen molar-refractivity contribution in [1.29, 1.82) is 0 Å². The molecule has 0 aliphatic heterocycles. The van der Waals surface area contributed by atoms with E-state index < -0.39 is 0 Å². The first-order valence-electron chi connectivity index (χ1n) is 6.20. The van der Waals surface area contributed by atoms with Crippen LogP contribution in [0.2, 0.25) is 0 Å². The molecular weight excluding hydrogens is 284 g/mol. The van der Waals surface area contributed by atoms with Gasteiger partial charge in [0.2, 0.25) is 0 Å². The van der Waals surface area contributed by atoms with Crippen LogP contribution in [0.5, 0.6) is 0 Å². The summed E-state index contributed by atoms with van der Waals surface area (Å²) in [5.74, 6) is 0.400. The van der Waals surface area contributed by atoms with Gasteiger partial charge in [-0.2, -0.15) is 0 Å². The maximum absolute atomic E-state index is 3.67. The Labute approximate surface area is 116 Å². The van der Waals surface area contributed by atoms with Gasteiger partial charge in [0, 0.05) is 10.4 Å². The van der Waals surface area contributed by atoms with E-state index in [9.17, 15) is 0 Å². The number of hydrogen-bond acceptors (Lipinski definition) is 0. The van der Waals surface area contributed by atoms with Crippen LogP contribution in [0, 0.1) is 13.8 Å². The highest BCUT2D eigenvalue weighted by Gasteiger charge is 2.22. The number of rotatable bonds is 1. The molecule has 0 heterocycles. The summed E-state index contributed by atoms with van der Waals surface area (Å²) in [6, 6.07) is 13.1. The van der Waals surface area contributed by atoms with Gasteiger partial charge in [-0.15, -0.1) is 0 Å². The van der Waals surface area contributed by atoms with Crippen molar-refractivity contribution < 1.29 is 0 Å². The first kappa shape index (κ1) is 11.7. The summed E-state index contributed by atoms with van der Waals surface area (Å²) < 4.78 is 1.20. The number of halogens is 1. The number of aryl methyl sites for hydroxylation is 2. The molecule has 0 amide bonds. The van der Waals surface area contributed by atoms with Crippen LogP contribution in [0.25, 0.3) is 6.08 Å². The minimum absolute atomic E-state index is 0.400. The van der Waals surface area contributed by atoms with Crippen molar-refractivity contribution in [3.63, 3.8) is 0 Å². The molecule has 0 bridgehead atoms. The van der Waals surface area contributed by atoms with Gasteiger partial charge in [-0.25, -0.2) is 0 Å².